The van der Waals surface area contributed by atoms with Crippen molar-refractivity contribution in [3.05, 3.63) is 88.7 Å². The van der Waals surface area contributed by atoms with Gasteiger partial charge in [-0.05, 0) is 73.5 Å². The maximum Gasteiger partial charge on any atom is 0.264 e. The van der Waals surface area contributed by atoms with Crippen LogP contribution in [-0.4, -0.2) is 15.5 Å². The smallest absolute Gasteiger partial charge is 0.264 e. The van der Waals surface area contributed by atoms with Crippen LogP contribution in [-0.2, 0) is 10.0 Å². The highest BCUT2D eigenvalue weighted by atomic mass is 35.5. The van der Waals surface area contributed by atoms with Crippen LogP contribution in [0.5, 0.6) is 5.75 Å². The molecule has 3 aromatic rings. The van der Waals surface area contributed by atoms with Gasteiger partial charge in [-0.15, -0.1) is 0 Å². The summed E-state index contributed by atoms with van der Waals surface area (Å²) < 4.78 is 47.6. The summed E-state index contributed by atoms with van der Waals surface area (Å²) in [6.45, 7) is 3.36. The largest absolute Gasteiger partial charge is 0.497 e. The lowest BCUT2D eigenvalue weighted by molar-refractivity contribution is 0.415. The third-order valence-electron chi connectivity index (χ3n) is 4.73. The number of hydrogen-bond donors (Lipinski definition) is 0. The molecule has 1 atom stereocenters. The molecule has 0 saturated carbocycles. The van der Waals surface area contributed by atoms with Crippen LogP contribution in [0.1, 0.15) is 24.1 Å². The Morgan fingerprint density at radius 1 is 1.00 bits per heavy atom. The summed E-state index contributed by atoms with van der Waals surface area (Å²) in [6.07, 6.45) is 0. The van der Waals surface area contributed by atoms with E-state index in [0.717, 1.165) is 11.6 Å². The van der Waals surface area contributed by atoms with Crippen LogP contribution in [0, 0.1) is 12.7 Å². The van der Waals surface area contributed by atoms with Crippen LogP contribution < -0.4 is 9.04 Å². The lowest BCUT2D eigenvalue weighted by Gasteiger charge is -2.31. The van der Waals surface area contributed by atoms with Crippen molar-refractivity contribution >= 4 is 27.3 Å². The van der Waals surface area contributed by atoms with E-state index < -0.39 is 21.9 Å². The van der Waals surface area contributed by atoms with Gasteiger partial charge < -0.3 is 4.74 Å². The third kappa shape index (κ3) is 4.38. The molecule has 3 aromatic carbocycles. The molecule has 0 unspecified atom stereocenters. The summed E-state index contributed by atoms with van der Waals surface area (Å²) in [4.78, 5) is -0.114. The average Bonchev–Trinajstić information content (AvgIpc) is 2.71. The molecule has 0 heterocycles. The predicted molar refractivity (Wildman–Crippen MR) is 114 cm³/mol. The minimum Gasteiger partial charge on any atom is -0.497 e. The molecule has 152 valence electrons. The maximum absolute atomic E-state index is 14.1. The molecule has 0 N–H and O–H groups in total. The lowest BCUT2D eigenvalue weighted by atomic mass is 10.1. The molecule has 0 radical (unpaired) electrons. The Bertz CT molecular complexity index is 1100. The van der Waals surface area contributed by atoms with Crippen LogP contribution in [0.3, 0.4) is 0 Å². The molecule has 3 rings (SSSR count). The normalized spacial score (nSPS) is 12.4. The third-order valence-corrected chi connectivity index (χ3v) is 6.88. The number of nitrogens with zero attached hydrogens (tertiary/aromatic N) is 1. The quantitative estimate of drug-likeness (QED) is 0.497. The van der Waals surface area contributed by atoms with E-state index in [4.69, 9.17) is 16.3 Å². The summed E-state index contributed by atoms with van der Waals surface area (Å²) in [5, 5.41) is 0.556. The minimum atomic E-state index is -4.05. The van der Waals surface area contributed by atoms with E-state index in [9.17, 15) is 12.8 Å². The molecule has 4 nitrogen and oxygen atoms in total. The molecule has 0 amide bonds. The van der Waals surface area contributed by atoms with Crippen molar-refractivity contribution in [2.24, 2.45) is 0 Å². The Morgan fingerprint density at radius 3 is 2.17 bits per heavy atom. The highest BCUT2D eigenvalue weighted by Gasteiger charge is 2.31. The maximum atomic E-state index is 14.1. The molecule has 0 bridgehead atoms. The molecule has 0 aliphatic carbocycles. The number of halogens is 2. The number of anilines is 1. The van der Waals surface area contributed by atoms with Crippen molar-refractivity contribution in [3.63, 3.8) is 0 Å². The van der Waals surface area contributed by atoms with Crippen molar-refractivity contribution in [2.45, 2.75) is 24.8 Å². The van der Waals surface area contributed by atoms with Gasteiger partial charge in [0.25, 0.3) is 10.0 Å². The monoisotopic (exact) mass is 433 g/mol. The molecule has 0 aliphatic heterocycles. The van der Waals surface area contributed by atoms with E-state index in [2.05, 4.69) is 0 Å². The molecule has 0 aliphatic rings. The van der Waals surface area contributed by atoms with Gasteiger partial charge >= 0.3 is 0 Å². The number of benzene rings is 3. The van der Waals surface area contributed by atoms with Crippen molar-refractivity contribution in [1.29, 1.82) is 0 Å². The Kier molecular flexibility index (Phi) is 6.15. The Balaban J connectivity index is 2.15. The highest BCUT2D eigenvalue weighted by molar-refractivity contribution is 7.92. The van der Waals surface area contributed by atoms with E-state index in [1.54, 1.807) is 62.4 Å². The van der Waals surface area contributed by atoms with Gasteiger partial charge in [0.15, 0.2) is 0 Å². The topological polar surface area (TPSA) is 46.6 Å². The number of rotatable bonds is 6. The fourth-order valence-corrected chi connectivity index (χ4v) is 4.81. The van der Waals surface area contributed by atoms with Crippen LogP contribution in [0.4, 0.5) is 10.1 Å². The number of methoxy groups -OCH3 is 1. The van der Waals surface area contributed by atoms with Crippen LogP contribution in [0.15, 0.2) is 71.6 Å². The van der Waals surface area contributed by atoms with E-state index in [1.165, 1.54) is 23.5 Å². The first kappa shape index (κ1) is 21.1. The van der Waals surface area contributed by atoms with Gasteiger partial charge in [0.1, 0.15) is 11.6 Å². The molecule has 7 heteroatoms. The van der Waals surface area contributed by atoms with Crippen molar-refractivity contribution in [3.8, 4) is 5.75 Å². The van der Waals surface area contributed by atoms with E-state index >= 15 is 0 Å². The first-order valence-corrected chi connectivity index (χ1v) is 10.8. The van der Waals surface area contributed by atoms with Gasteiger partial charge in [-0.25, -0.2) is 12.8 Å². The fraction of sp³-hybridized carbons (Fsp3) is 0.182. The molecular formula is C22H21ClFNO3S. The zero-order valence-electron chi connectivity index (χ0n) is 16.3. The van der Waals surface area contributed by atoms with Gasteiger partial charge in [-0.1, -0.05) is 29.8 Å². The zero-order valence-corrected chi connectivity index (χ0v) is 17.8. The summed E-state index contributed by atoms with van der Waals surface area (Å²) in [5.41, 5.74) is 1.57. The second-order valence-corrected chi connectivity index (χ2v) is 8.89. The number of hydrogen-bond acceptors (Lipinski definition) is 3. The number of ether oxygens (including phenoxy) is 1. The summed E-state index contributed by atoms with van der Waals surface area (Å²) >= 11 is 5.98. The second kappa shape index (κ2) is 8.43. The van der Waals surface area contributed by atoms with Gasteiger partial charge in [0.05, 0.1) is 23.7 Å². The highest BCUT2D eigenvalue weighted by Crippen LogP contribution is 2.35. The van der Waals surface area contributed by atoms with E-state index in [0.29, 0.717) is 22.0 Å². The lowest BCUT2D eigenvalue weighted by Crippen LogP contribution is -2.33. The summed E-state index contributed by atoms with van der Waals surface area (Å²) in [7, 11) is -2.51. The average molecular weight is 434 g/mol. The predicted octanol–water partition coefficient (Wildman–Crippen LogP) is 5.75. The molecule has 0 spiro atoms. The molecule has 0 fully saturated rings. The SMILES string of the molecule is COc1ccc(N([C@H](C)c2ccc(Cl)cc2)S(=O)(=O)c2ccc(C)c(F)c2)cc1. The molecule has 29 heavy (non-hydrogen) atoms. The molecule has 0 aromatic heterocycles. The number of sulfonamides is 1. The standard InChI is InChI=1S/C22H21ClFNO3S/c1-15-4-13-21(14-22(15)24)29(26,27)25(19-9-11-20(28-3)12-10-19)16(2)17-5-7-18(23)8-6-17/h4-14,16H,1-3H3/t16-/m1/s1. The number of aryl methyl sites for hydroxylation is 1. The Labute approximate surface area is 175 Å². The van der Waals surface area contributed by atoms with Gasteiger partial charge in [-0.3, -0.25) is 4.31 Å². The second-order valence-electron chi connectivity index (χ2n) is 6.64. The van der Waals surface area contributed by atoms with Gasteiger partial charge in [0, 0.05) is 5.02 Å². The van der Waals surface area contributed by atoms with Crippen LogP contribution in [0.2, 0.25) is 5.02 Å². The molecule has 0 saturated heterocycles. The first-order chi connectivity index (χ1) is 13.7. The van der Waals surface area contributed by atoms with Gasteiger partial charge in [-0.2, -0.15) is 0 Å². The minimum absolute atomic E-state index is 0.114. The zero-order chi connectivity index (χ0) is 21.2. The van der Waals surface area contributed by atoms with Crippen LogP contribution >= 0.6 is 11.6 Å². The van der Waals surface area contributed by atoms with Crippen molar-refractivity contribution < 1.29 is 17.5 Å². The Hall–Kier alpha value is -2.57. The first-order valence-electron chi connectivity index (χ1n) is 8.94. The Morgan fingerprint density at radius 2 is 1.62 bits per heavy atom. The fourth-order valence-electron chi connectivity index (χ4n) is 3.02. The van der Waals surface area contributed by atoms with Crippen molar-refractivity contribution in [2.75, 3.05) is 11.4 Å². The summed E-state index contributed by atoms with van der Waals surface area (Å²) in [6, 6.07) is 17.0. The van der Waals surface area contributed by atoms with E-state index in [-0.39, 0.29) is 4.90 Å². The summed E-state index contributed by atoms with van der Waals surface area (Å²) in [5.74, 6) is 0.0338. The van der Waals surface area contributed by atoms with Crippen molar-refractivity contribution in [1.82, 2.24) is 0 Å². The molecular weight excluding hydrogens is 413 g/mol. The van der Waals surface area contributed by atoms with Crippen LogP contribution in [0.25, 0.3) is 0 Å². The van der Waals surface area contributed by atoms with Gasteiger partial charge in [0.2, 0.25) is 0 Å². The van der Waals surface area contributed by atoms with E-state index in [1.807, 2.05) is 0 Å².